The molecule has 0 unspecified atom stereocenters. The molecule has 4 nitrogen and oxygen atoms in total. The summed E-state index contributed by atoms with van der Waals surface area (Å²) in [7, 11) is 1.99. The van der Waals surface area contributed by atoms with E-state index in [1.54, 1.807) is 11.3 Å². The van der Waals surface area contributed by atoms with E-state index in [4.69, 9.17) is 11.6 Å². The van der Waals surface area contributed by atoms with Crippen molar-refractivity contribution in [2.75, 3.05) is 13.6 Å². The maximum atomic E-state index is 10.4. The molecule has 1 aliphatic rings. The largest absolute Gasteiger partial charge is 0.389 e. The zero-order valence-corrected chi connectivity index (χ0v) is 13.0. The quantitative estimate of drug-likeness (QED) is 0.882. The van der Waals surface area contributed by atoms with Gasteiger partial charge >= 0.3 is 0 Å². The van der Waals surface area contributed by atoms with Gasteiger partial charge in [-0.15, -0.1) is 11.3 Å². The summed E-state index contributed by atoms with van der Waals surface area (Å²) in [6.45, 7) is 1.27. The number of thiophene rings is 1. The van der Waals surface area contributed by atoms with Gasteiger partial charge in [-0.25, -0.2) is 9.97 Å². The van der Waals surface area contributed by atoms with Gasteiger partial charge in [-0.3, -0.25) is 4.90 Å². The molecular formula is C14H18ClN3OS. The topological polar surface area (TPSA) is 49.2 Å². The summed E-state index contributed by atoms with van der Waals surface area (Å²) in [5.41, 5.74) is -0.536. The Bertz CT molecular complexity index is 609. The summed E-state index contributed by atoms with van der Waals surface area (Å²) in [4.78, 5) is 11.9. The smallest absolute Gasteiger partial charge is 0.145 e. The Balaban J connectivity index is 1.72. The summed E-state index contributed by atoms with van der Waals surface area (Å²) in [5.74, 6) is 0.717. The number of aliphatic hydroxyl groups is 1. The number of fused-ring (bicyclic) bond motifs is 1. The van der Waals surface area contributed by atoms with Crippen LogP contribution in [-0.2, 0) is 6.54 Å². The average molecular weight is 312 g/mol. The molecule has 0 aromatic carbocycles. The molecular weight excluding hydrogens is 294 g/mol. The first kappa shape index (κ1) is 14.2. The van der Waals surface area contributed by atoms with Crippen LogP contribution < -0.4 is 0 Å². The standard InChI is InChI=1S/C14H18ClN3OS/c1-18(9-14(19)5-2-3-6-14)8-11-16-12(15)10-4-7-20-13(10)17-11/h4,7,19H,2-3,5-6,8-9H2,1H3. The minimum Gasteiger partial charge on any atom is -0.389 e. The van der Waals surface area contributed by atoms with Gasteiger partial charge < -0.3 is 5.11 Å². The van der Waals surface area contributed by atoms with E-state index in [0.717, 1.165) is 35.9 Å². The minimum atomic E-state index is -0.536. The molecule has 108 valence electrons. The van der Waals surface area contributed by atoms with E-state index in [1.165, 1.54) is 0 Å². The molecule has 0 aliphatic heterocycles. The first-order valence-corrected chi connectivity index (χ1v) is 8.12. The molecule has 2 heterocycles. The molecule has 1 N–H and O–H groups in total. The average Bonchev–Trinajstić information content (AvgIpc) is 2.98. The highest BCUT2D eigenvalue weighted by atomic mass is 35.5. The van der Waals surface area contributed by atoms with Crippen molar-refractivity contribution in [1.82, 2.24) is 14.9 Å². The van der Waals surface area contributed by atoms with E-state index >= 15 is 0 Å². The Morgan fingerprint density at radius 3 is 2.90 bits per heavy atom. The van der Waals surface area contributed by atoms with Crippen LogP contribution in [-0.4, -0.2) is 39.2 Å². The number of aromatic nitrogens is 2. The second-order valence-corrected chi connectivity index (χ2v) is 6.93. The fourth-order valence-corrected chi connectivity index (χ4v) is 4.01. The fraction of sp³-hybridized carbons (Fsp3) is 0.571. The van der Waals surface area contributed by atoms with Crippen LogP contribution in [0.3, 0.4) is 0 Å². The third-order valence-electron chi connectivity index (χ3n) is 3.83. The van der Waals surface area contributed by atoms with Crippen LogP contribution in [0.1, 0.15) is 31.5 Å². The highest BCUT2D eigenvalue weighted by molar-refractivity contribution is 7.16. The number of halogens is 1. The SMILES string of the molecule is CN(Cc1nc(Cl)c2ccsc2n1)CC1(O)CCCC1. The van der Waals surface area contributed by atoms with Gasteiger partial charge in [0.15, 0.2) is 0 Å². The second kappa shape index (κ2) is 5.56. The summed E-state index contributed by atoms with van der Waals surface area (Å²) < 4.78 is 0. The maximum Gasteiger partial charge on any atom is 0.145 e. The molecule has 1 saturated carbocycles. The highest BCUT2D eigenvalue weighted by Gasteiger charge is 2.32. The monoisotopic (exact) mass is 311 g/mol. The molecule has 1 aliphatic carbocycles. The minimum absolute atomic E-state index is 0.513. The maximum absolute atomic E-state index is 10.4. The summed E-state index contributed by atoms with van der Waals surface area (Å²) >= 11 is 7.74. The van der Waals surface area contributed by atoms with Crippen molar-refractivity contribution in [3.63, 3.8) is 0 Å². The molecule has 0 amide bonds. The van der Waals surface area contributed by atoms with Crippen LogP contribution >= 0.6 is 22.9 Å². The lowest BCUT2D eigenvalue weighted by atomic mass is 10.0. The molecule has 3 rings (SSSR count). The van der Waals surface area contributed by atoms with E-state index in [9.17, 15) is 5.11 Å². The number of likely N-dealkylation sites (N-methyl/N-ethyl adjacent to an activating group) is 1. The lowest BCUT2D eigenvalue weighted by molar-refractivity contribution is 0.0140. The van der Waals surface area contributed by atoms with Crippen LogP contribution in [0, 0.1) is 0 Å². The molecule has 0 radical (unpaired) electrons. The van der Waals surface area contributed by atoms with Crippen LogP contribution in [0.4, 0.5) is 0 Å². The number of hydrogen-bond acceptors (Lipinski definition) is 5. The first-order chi connectivity index (χ1) is 9.56. The van der Waals surface area contributed by atoms with Gasteiger partial charge in [-0.2, -0.15) is 0 Å². The third-order valence-corrected chi connectivity index (χ3v) is 4.93. The molecule has 2 aromatic heterocycles. The molecule has 20 heavy (non-hydrogen) atoms. The molecule has 0 bridgehead atoms. The first-order valence-electron chi connectivity index (χ1n) is 6.86. The van der Waals surface area contributed by atoms with Gasteiger partial charge in [0, 0.05) is 11.9 Å². The molecule has 0 atom stereocenters. The van der Waals surface area contributed by atoms with E-state index in [1.807, 2.05) is 18.5 Å². The summed E-state index contributed by atoms with van der Waals surface area (Å²) in [6, 6.07) is 1.94. The van der Waals surface area contributed by atoms with Gasteiger partial charge in [-0.05, 0) is 31.3 Å². The normalized spacial score (nSPS) is 18.2. The van der Waals surface area contributed by atoms with Crippen LogP contribution in [0.25, 0.3) is 10.2 Å². The van der Waals surface area contributed by atoms with Crippen molar-refractivity contribution < 1.29 is 5.11 Å². The number of nitrogens with zero attached hydrogens (tertiary/aromatic N) is 3. The zero-order valence-electron chi connectivity index (χ0n) is 11.5. The highest BCUT2D eigenvalue weighted by Crippen LogP contribution is 2.30. The van der Waals surface area contributed by atoms with Crippen molar-refractivity contribution in [1.29, 1.82) is 0 Å². The van der Waals surface area contributed by atoms with Gasteiger partial charge in [0.05, 0.1) is 12.1 Å². The van der Waals surface area contributed by atoms with Crippen molar-refractivity contribution in [3.8, 4) is 0 Å². The van der Waals surface area contributed by atoms with E-state index < -0.39 is 5.60 Å². The van der Waals surface area contributed by atoms with E-state index in [2.05, 4.69) is 14.9 Å². The Morgan fingerprint density at radius 2 is 2.15 bits per heavy atom. The van der Waals surface area contributed by atoms with Gasteiger partial charge in [0.1, 0.15) is 15.8 Å². The van der Waals surface area contributed by atoms with Crippen LogP contribution in [0.15, 0.2) is 11.4 Å². The Labute approximate surface area is 127 Å². The van der Waals surface area contributed by atoms with Gasteiger partial charge in [0.2, 0.25) is 0 Å². The van der Waals surface area contributed by atoms with E-state index in [-0.39, 0.29) is 0 Å². The van der Waals surface area contributed by atoms with Gasteiger partial charge in [0.25, 0.3) is 0 Å². The fourth-order valence-electron chi connectivity index (χ4n) is 2.92. The Morgan fingerprint density at radius 1 is 1.40 bits per heavy atom. The Hall–Kier alpha value is -0.750. The van der Waals surface area contributed by atoms with Crippen molar-refractivity contribution in [3.05, 3.63) is 22.4 Å². The molecule has 1 fully saturated rings. The van der Waals surface area contributed by atoms with Gasteiger partial charge in [-0.1, -0.05) is 24.4 Å². The number of hydrogen-bond donors (Lipinski definition) is 1. The lowest BCUT2D eigenvalue weighted by Gasteiger charge is -2.28. The molecule has 0 saturated heterocycles. The molecule has 6 heteroatoms. The van der Waals surface area contributed by atoms with Crippen LogP contribution in [0.2, 0.25) is 5.15 Å². The summed E-state index contributed by atoms with van der Waals surface area (Å²) in [6.07, 6.45) is 4.02. The van der Waals surface area contributed by atoms with Crippen LogP contribution in [0.5, 0.6) is 0 Å². The lowest BCUT2D eigenvalue weighted by Crippen LogP contribution is -2.39. The predicted octanol–water partition coefficient (Wildman–Crippen LogP) is 3.08. The number of rotatable bonds is 4. The molecule has 0 spiro atoms. The second-order valence-electron chi connectivity index (χ2n) is 5.67. The molecule has 2 aromatic rings. The van der Waals surface area contributed by atoms with E-state index in [0.29, 0.717) is 24.1 Å². The Kier molecular flexibility index (Phi) is 3.95. The van der Waals surface area contributed by atoms with Crippen molar-refractivity contribution >= 4 is 33.2 Å². The van der Waals surface area contributed by atoms with Crippen molar-refractivity contribution in [2.24, 2.45) is 0 Å². The zero-order chi connectivity index (χ0) is 14.2. The third kappa shape index (κ3) is 2.96. The predicted molar refractivity (Wildman–Crippen MR) is 82.2 cm³/mol. The summed E-state index contributed by atoms with van der Waals surface area (Å²) in [5, 5.41) is 13.8. The van der Waals surface area contributed by atoms with Crippen molar-refractivity contribution in [2.45, 2.75) is 37.8 Å².